The molecule has 7 nitrogen and oxygen atoms in total. The third kappa shape index (κ3) is 2.04. The van der Waals surface area contributed by atoms with Gasteiger partial charge in [-0.05, 0) is 13.3 Å². The predicted octanol–water partition coefficient (Wildman–Crippen LogP) is 1.61. The second-order valence-electron chi connectivity index (χ2n) is 6.67. The standard InChI is InChI=1S/C17H19N3O4S/c1-4-9-16-19(6-18-9)5-10(25-16)11-7(2)13-12(8(3)21)15(22)20(13)14(11)17(23)24/h5-8,12-13,21H,4H2,1-3H3,(H,23,24)/t7-,8+,12+,13?/m0/s1. The molecule has 4 atom stereocenters. The molecule has 0 saturated carbocycles. The fraction of sp³-hybridized carbons (Fsp3) is 0.471. The zero-order valence-electron chi connectivity index (χ0n) is 14.1. The van der Waals surface area contributed by atoms with Gasteiger partial charge in [0.2, 0.25) is 5.91 Å². The molecule has 2 aliphatic rings. The first-order chi connectivity index (χ1) is 11.9. The fourth-order valence-electron chi connectivity index (χ4n) is 4.11. The number of hydrogen-bond donors (Lipinski definition) is 2. The third-order valence-electron chi connectivity index (χ3n) is 5.26. The molecule has 4 rings (SSSR count). The van der Waals surface area contributed by atoms with E-state index in [-0.39, 0.29) is 23.6 Å². The number of thiazole rings is 1. The molecular weight excluding hydrogens is 342 g/mol. The van der Waals surface area contributed by atoms with Gasteiger partial charge in [0.05, 0.1) is 28.6 Å². The molecule has 0 radical (unpaired) electrons. The molecular formula is C17H19N3O4S. The summed E-state index contributed by atoms with van der Waals surface area (Å²) >= 11 is 1.50. The number of rotatable bonds is 4. The summed E-state index contributed by atoms with van der Waals surface area (Å²) in [5, 5.41) is 19.6. The van der Waals surface area contributed by atoms with Crippen LogP contribution in [0.25, 0.3) is 10.4 Å². The predicted molar refractivity (Wildman–Crippen MR) is 92.0 cm³/mol. The fourth-order valence-corrected chi connectivity index (χ4v) is 5.40. The van der Waals surface area contributed by atoms with Crippen LogP contribution in [0, 0.1) is 11.8 Å². The highest BCUT2D eigenvalue weighted by Crippen LogP contribution is 2.51. The molecule has 0 aromatic carbocycles. The Bertz CT molecular complexity index is 926. The first-order valence-electron chi connectivity index (χ1n) is 8.31. The number of aliphatic carboxylic acids is 1. The number of carbonyl (C=O) groups excluding carboxylic acids is 1. The van der Waals surface area contributed by atoms with Gasteiger partial charge in [0.1, 0.15) is 16.9 Å². The second kappa shape index (κ2) is 5.40. The number of aryl methyl sites for hydroxylation is 1. The molecule has 1 unspecified atom stereocenters. The molecule has 0 bridgehead atoms. The normalized spacial score (nSPS) is 27.0. The minimum Gasteiger partial charge on any atom is -0.477 e. The highest BCUT2D eigenvalue weighted by molar-refractivity contribution is 7.18. The molecule has 2 aliphatic heterocycles. The lowest BCUT2D eigenvalue weighted by Gasteiger charge is -2.46. The Balaban J connectivity index is 1.85. The number of nitrogens with zero attached hydrogens (tertiary/aromatic N) is 3. The van der Waals surface area contributed by atoms with Gasteiger partial charge < -0.3 is 15.1 Å². The molecule has 0 aliphatic carbocycles. The van der Waals surface area contributed by atoms with Crippen molar-refractivity contribution >= 4 is 33.6 Å². The summed E-state index contributed by atoms with van der Waals surface area (Å²) in [6, 6.07) is -0.293. The van der Waals surface area contributed by atoms with Crippen molar-refractivity contribution in [2.24, 2.45) is 11.8 Å². The zero-order chi connectivity index (χ0) is 18.0. The quantitative estimate of drug-likeness (QED) is 0.807. The number of imidazole rings is 1. The summed E-state index contributed by atoms with van der Waals surface area (Å²) in [5.74, 6) is -2.10. The van der Waals surface area contributed by atoms with E-state index < -0.39 is 18.0 Å². The van der Waals surface area contributed by atoms with Crippen molar-refractivity contribution in [2.45, 2.75) is 39.3 Å². The van der Waals surface area contributed by atoms with Crippen LogP contribution < -0.4 is 0 Å². The smallest absolute Gasteiger partial charge is 0.352 e. The number of carboxylic acids is 1. The largest absolute Gasteiger partial charge is 0.477 e. The second-order valence-corrected chi connectivity index (χ2v) is 7.70. The van der Waals surface area contributed by atoms with E-state index >= 15 is 0 Å². The number of hydrogen-bond acceptors (Lipinski definition) is 5. The number of aromatic nitrogens is 2. The lowest BCUT2D eigenvalue weighted by molar-refractivity contribution is -0.163. The van der Waals surface area contributed by atoms with Crippen molar-refractivity contribution in [3.8, 4) is 0 Å². The van der Waals surface area contributed by atoms with Crippen LogP contribution in [0.2, 0.25) is 0 Å². The van der Waals surface area contributed by atoms with Gasteiger partial charge in [0.15, 0.2) is 0 Å². The highest BCUT2D eigenvalue weighted by atomic mass is 32.1. The van der Waals surface area contributed by atoms with E-state index in [4.69, 9.17) is 0 Å². The van der Waals surface area contributed by atoms with Crippen LogP contribution in [0.3, 0.4) is 0 Å². The number of amides is 1. The maximum absolute atomic E-state index is 12.4. The van der Waals surface area contributed by atoms with Crippen molar-refractivity contribution in [1.29, 1.82) is 0 Å². The Kier molecular flexibility index (Phi) is 3.52. The van der Waals surface area contributed by atoms with Crippen LogP contribution in [0.15, 0.2) is 18.2 Å². The van der Waals surface area contributed by atoms with Crippen molar-refractivity contribution < 1.29 is 19.8 Å². The summed E-state index contributed by atoms with van der Waals surface area (Å²) in [6.07, 6.45) is 3.62. The van der Waals surface area contributed by atoms with Crippen molar-refractivity contribution in [3.63, 3.8) is 0 Å². The maximum Gasteiger partial charge on any atom is 0.352 e. The van der Waals surface area contributed by atoms with E-state index in [0.29, 0.717) is 5.57 Å². The molecule has 1 fully saturated rings. The van der Waals surface area contributed by atoms with E-state index in [9.17, 15) is 19.8 Å². The van der Waals surface area contributed by atoms with E-state index in [0.717, 1.165) is 21.8 Å². The molecule has 25 heavy (non-hydrogen) atoms. The molecule has 8 heteroatoms. The lowest BCUT2D eigenvalue weighted by Crippen LogP contribution is -2.63. The van der Waals surface area contributed by atoms with Gasteiger partial charge in [-0.2, -0.15) is 0 Å². The lowest BCUT2D eigenvalue weighted by atomic mass is 9.77. The van der Waals surface area contributed by atoms with Crippen molar-refractivity contribution in [2.75, 3.05) is 0 Å². The van der Waals surface area contributed by atoms with Crippen molar-refractivity contribution in [3.05, 3.63) is 28.8 Å². The van der Waals surface area contributed by atoms with Gasteiger partial charge in [0.25, 0.3) is 0 Å². The minimum absolute atomic E-state index is 0.0508. The molecule has 132 valence electrons. The average molecular weight is 361 g/mol. The first kappa shape index (κ1) is 16.3. The van der Waals surface area contributed by atoms with Gasteiger partial charge in [-0.15, -0.1) is 11.3 Å². The van der Waals surface area contributed by atoms with Crippen LogP contribution in [0.4, 0.5) is 0 Å². The Morgan fingerprint density at radius 1 is 1.48 bits per heavy atom. The Hall–Kier alpha value is -2.19. The summed E-state index contributed by atoms with van der Waals surface area (Å²) in [5.41, 5.74) is 1.69. The van der Waals surface area contributed by atoms with E-state index in [2.05, 4.69) is 4.98 Å². The zero-order valence-corrected chi connectivity index (χ0v) is 14.9. The Morgan fingerprint density at radius 3 is 2.80 bits per heavy atom. The topological polar surface area (TPSA) is 95.1 Å². The number of aliphatic hydroxyl groups excluding tert-OH is 1. The van der Waals surface area contributed by atoms with E-state index in [1.807, 2.05) is 24.4 Å². The third-order valence-corrected chi connectivity index (χ3v) is 6.44. The van der Waals surface area contributed by atoms with E-state index in [1.165, 1.54) is 16.2 Å². The number of carboxylic acid groups (broad SMARTS) is 1. The maximum atomic E-state index is 12.4. The average Bonchev–Trinajstić information content (AvgIpc) is 3.16. The summed E-state index contributed by atoms with van der Waals surface area (Å²) in [4.78, 5) is 31.8. The summed E-state index contributed by atoms with van der Waals surface area (Å²) in [7, 11) is 0. The highest BCUT2D eigenvalue weighted by Gasteiger charge is 2.60. The Labute approximate surface area is 148 Å². The van der Waals surface area contributed by atoms with Crippen LogP contribution in [-0.2, 0) is 16.0 Å². The van der Waals surface area contributed by atoms with Crippen LogP contribution in [-0.4, -0.2) is 48.5 Å². The van der Waals surface area contributed by atoms with Gasteiger partial charge in [-0.25, -0.2) is 9.78 Å². The number of carbonyl (C=O) groups is 2. The molecule has 4 heterocycles. The minimum atomic E-state index is -1.10. The molecule has 1 saturated heterocycles. The van der Waals surface area contributed by atoms with Gasteiger partial charge in [-0.3, -0.25) is 9.20 Å². The van der Waals surface area contributed by atoms with Gasteiger partial charge >= 0.3 is 5.97 Å². The molecule has 0 spiro atoms. The SMILES string of the molecule is CCc1ncn2cc(C3=C(C(=O)O)N4C(=O)[C@H]([C@@H](C)O)C4[C@H]3C)sc12. The molecule has 2 aromatic rings. The number of fused-ring (bicyclic) bond motifs is 2. The molecule has 2 N–H and O–H groups in total. The van der Waals surface area contributed by atoms with E-state index in [1.54, 1.807) is 13.3 Å². The Morgan fingerprint density at radius 2 is 2.20 bits per heavy atom. The van der Waals surface area contributed by atoms with Gasteiger partial charge in [0, 0.05) is 17.7 Å². The molecule has 1 amide bonds. The summed E-state index contributed by atoms with van der Waals surface area (Å²) < 4.78 is 1.90. The van der Waals surface area contributed by atoms with Crippen molar-refractivity contribution in [1.82, 2.24) is 14.3 Å². The number of β-lactam (4-membered cyclic amide) rings is 1. The first-order valence-corrected chi connectivity index (χ1v) is 9.12. The summed E-state index contributed by atoms with van der Waals surface area (Å²) in [6.45, 7) is 5.54. The molecule has 2 aromatic heterocycles. The monoisotopic (exact) mass is 361 g/mol. The van der Waals surface area contributed by atoms with Gasteiger partial charge in [-0.1, -0.05) is 13.8 Å². The number of aliphatic hydroxyl groups is 1. The van der Waals surface area contributed by atoms with Crippen LogP contribution >= 0.6 is 11.3 Å². The van der Waals surface area contributed by atoms with Crippen LogP contribution in [0.1, 0.15) is 31.3 Å². The van der Waals surface area contributed by atoms with Crippen LogP contribution in [0.5, 0.6) is 0 Å².